The first-order chi connectivity index (χ1) is 9.85. The third-order valence-electron chi connectivity index (χ3n) is 2.77. The Kier molecular flexibility index (Phi) is 5.79. The van der Waals surface area contributed by atoms with Gasteiger partial charge in [0.25, 0.3) is 11.6 Å². The second-order valence-electron chi connectivity index (χ2n) is 4.49. The fraction of sp³-hybridized carbons (Fsp3) is 0.385. The van der Waals surface area contributed by atoms with E-state index in [1.54, 1.807) is 6.92 Å². The molecule has 0 spiro atoms. The number of nitrogens with zero attached hydrogens (tertiary/aromatic N) is 1. The van der Waals surface area contributed by atoms with E-state index < -0.39 is 22.5 Å². The first-order valence-corrected chi connectivity index (χ1v) is 6.17. The van der Waals surface area contributed by atoms with Crippen LogP contribution in [0.2, 0.25) is 0 Å². The number of carboxylic acids is 1. The van der Waals surface area contributed by atoms with Gasteiger partial charge in [0.1, 0.15) is 0 Å². The highest BCUT2D eigenvalue weighted by atomic mass is 16.6. The molecule has 114 valence electrons. The summed E-state index contributed by atoms with van der Waals surface area (Å²) in [6, 6.07) is 2.86. The van der Waals surface area contributed by atoms with Crippen LogP contribution in [0.25, 0.3) is 0 Å². The van der Waals surface area contributed by atoms with Crippen molar-refractivity contribution >= 4 is 17.6 Å². The SMILES string of the molecule is COCCC(C)NC(=O)c1cc(C(=O)O)cc([N+](=O)[O-])c1. The Labute approximate surface area is 120 Å². The van der Waals surface area contributed by atoms with Crippen LogP contribution < -0.4 is 5.32 Å². The molecule has 1 aromatic rings. The molecule has 2 N–H and O–H groups in total. The molecule has 0 bridgehead atoms. The van der Waals surface area contributed by atoms with E-state index >= 15 is 0 Å². The average molecular weight is 296 g/mol. The molecule has 1 atom stereocenters. The Hall–Kier alpha value is -2.48. The largest absolute Gasteiger partial charge is 0.478 e. The molecule has 8 nitrogen and oxygen atoms in total. The molecule has 1 aromatic carbocycles. The van der Waals surface area contributed by atoms with Crippen LogP contribution in [-0.4, -0.2) is 41.7 Å². The summed E-state index contributed by atoms with van der Waals surface area (Å²) in [7, 11) is 1.54. The van der Waals surface area contributed by atoms with Crippen LogP contribution >= 0.6 is 0 Å². The lowest BCUT2D eigenvalue weighted by Gasteiger charge is -2.13. The van der Waals surface area contributed by atoms with E-state index in [-0.39, 0.29) is 17.2 Å². The van der Waals surface area contributed by atoms with Crippen LogP contribution in [-0.2, 0) is 4.74 Å². The molecule has 1 rings (SSSR count). The minimum Gasteiger partial charge on any atom is -0.478 e. The van der Waals surface area contributed by atoms with Crippen molar-refractivity contribution in [2.24, 2.45) is 0 Å². The van der Waals surface area contributed by atoms with Gasteiger partial charge < -0.3 is 15.2 Å². The summed E-state index contributed by atoms with van der Waals surface area (Å²) in [6.45, 7) is 2.21. The quantitative estimate of drug-likeness (QED) is 0.580. The van der Waals surface area contributed by atoms with Crippen LogP contribution in [0.1, 0.15) is 34.1 Å². The van der Waals surface area contributed by atoms with Gasteiger partial charge in [-0.2, -0.15) is 0 Å². The van der Waals surface area contributed by atoms with E-state index in [9.17, 15) is 19.7 Å². The Balaban J connectivity index is 2.97. The van der Waals surface area contributed by atoms with Crippen LogP contribution in [0.3, 0.4) is 0 Å². The van der Waals surface area contributed by atoms with Gasteiger partial charge >= 0.3 is 5.97 Å². The molecule has 0 aliphatic heterocycles. The third-order valence-corrected chi connectivity index (χ3v) is 2.77. The second kappa shape index (κ2) is 7.34. The molecule has 0 aliphatic carbocycles. The third kappa shape index (κ3) is 4.84. The number of non-ortho nitro benzene ring substituents is 1. The monoisotopic (exact) mass is 296 g/mol. The Morgan fingerprint density at radius 2 is 2.00 bits per heavy atom. The number of nitro groups is 1. The summed E-state index contributed by atoms with van der Waals surface area (Å²) in [5, 5.41) is 22.3. The van der Waals surface area contributed by atoms with Crippen molar-refractivity contribution in [1.82, 2.24) is 5.32 Å². The maximum absolute atomic E-state index is 12.0. The standard InChI is InChI=1S/C13H16N2O6/c1-8(3-4-21-2)14-12(16)9-5-10(13(17)18)7-11(6-9)15(19)20/h5-8H,3-4H2,1-2H3,(H,14,16)(H,17,18). The minimum absolute atomic E-state index is 0.0640. The fourth-order valence-electron chi connectivity index (χ4n) is 1.65. The molecule has 1 amide bonds. The maximum Gasteiger partial charge on any atom is 0.335 e. The molecule has 0 radical (unpaired) electrons. The van der Waals surface area contributed by atoms with Gasteiger partial charge in [0, 0.05) is 37.5 Å². The lowest BCUT2D eigenvalue weighted by Crippen LogP contribution is -2.33. The molecule has 0 heterocycles. The van der Waals surface area contributed by atoms with Gasteiger partial charge in [-0.3, -0.25) is 14.9 Å². The number of carbonyl (C=O) groups is 2. The second-order valence-corrected chi connectivity index (χ2v) is 4.49. The molecule has 21 heavy (non-hydrogen) atoms. The minimum atomic E-state index is -1.33. The van der Waals surface area contributed by atoms with Crippen LogP contribution in [0.15, 0.2) is 18.2 Å². The van der Waals surface area contributed by atoms with Crippen molar-refractivity contribution in [2.75, 3.05) is 13.7 Å². The van der Waals surface area contributed by atoms with Gasteiger partial charge in [0.15, 0.2) is 0 Å². The number of nitrogens with one attached hydrogen (secondary N) is 1. The predicted molar refractivity (Wildman–Crippen MR) is 73.5 cm³/mol. The van der Waals surface area contributed by atoms with Crippen LogP contribution in [0, 0.1) is 10.1 Å². The Morgan fingerprint density at radius 1 is 1.38 bits per heavy atom. The van der Waals surface area contributed by atoms with Crippen molar-refractivity contribution < 1.29 is 24.4 Å². The summed E-state index contributed by atoms with van der Waals surface area (Å²) in [4.78, 5) is 33.0. The van der Waals surface area contributed by atoms with Gasteiger partial charge in [-0.1, -0.05) is 0 Å². The molecule has 0 aromatic heterocycles. The van der Waals surface area contributed by atoms with Crippen LogP contribution in [0.4, 0.5) is 5.69 Å². The zero-order chi connectivity index (χ0) is 16.0. The van der Waals surface area contributed by atoms with E-state index in [0.717, 1.165) is 18.2 Å². The number of hydrogen-bond acceptors (Lipinski definition) is 5. The number of rotatable bonds is 7. The van der Waals surface area contributed by atoms with Crippen molar-refractivity contribution in [3.8, 4) is 0 Å². The lowest BCUT2D eigenvalue weighted by molar-refractivity contribution is -0.384. The first-order valence-electron chi connectivity index (χ1n) is 6.17. The number of methoxy groups -OCH3 is 1. The van der Waals surface area contributed by atoms with Gasteiger partial charge in [0.05, 0.1) is 10.5 Å². The van der Waals surface area contributed by atoms with Crippen LogP contribution in [0.5, 0.6) is 0 Å². The van der Waals surface area contributed by atoms with E-state index in [2.05, 4.69) is 5.32 Å². The van der Waals surface area contributed by atoms with Crippen molar-refractivity contribution in [3.05, 3.63) is 39.4 Å². The smallest absolute Gasteiger partial charge is 0.335 e. The molecular formula is C13H16N2O6. The summed E-state index contributed by atoms with van der Waals surface area (Å²) >= 11 is 0. The molecule has 0 saturated heterocycles. The fourth-order valence-corrected chi connectivity index (χ4v) is 1.65. The van der Waals surface area contributed by atoms with Gasteiger partial charge in [-0.15, -0.1) is 0 Å². The zero-order valence-corrected chi connectivity index (χ0v) is 11.7. The molecule has 0 fully saturated rings. The Morgan fingerprint density at radius 3 is 2.52 bits per heavy atom. The topological polar surface area (TPSA) is 119 Å². The van der Waals surface area contributed by atoms with Crippen molar-refractivity contribution in [2.45, 2.75) is 19.4 Å². The van der Waals surface area contributed by atoms with Gasteiger partial charge in [-0.05, 0) is 19.4 Å². The molecule has 1 unspecified atom stereocenters. The molecule has 0 aliphatic rings. The first kappa shape index (κ1) is 16.6. The number of nitro benzene ring substituents is 1. The summed E-state index contributed by atoms with van der Waals surface area (Å²) < 4.78 is 4.88. The lowest BCUT2D eigenvalue weighted by atomic mass is 10.1. The van der Waals surface area contributed by atoms with Crippen molar-refractivity contribution in [1.29, 1.82) is 0 Å². The van der Waals surface area contributed by atoms with E-state index in [0.29, 0.717) is 13.0 Å². The Bertz CT molecular complexity index is 525. The predicted octanol–water partition coefficient (Wildman–Crippen LogP) is 1.45. The highest BCUT2D eigenvalue weighted by Gasteiger charge is 2.18. The zero-order valence-electron chi connectivity index (χ0n) is 11.7. The summed E-state index contributed by atoms with van der Waals surface area (Å²) in [5.74, 6) is -1.90. The number of amides is 1. The molecule has 0 saturated carbocycles. The van der Waals surface area contributed by atoms with Crippen molar-refractivity contribution in [3.63, 3.8) is 0 Å². The summed E-state index contributed by atoms with van der Waals surface area (Å²) in [6.07, 6.45) is 0.572. The number of carboxylic acid groups (broad SMARTS) is 1. The van der Waals surface area contributed by atoms with E-state index in [1.165, 1.54) is 7.11 Å². The highest BCUT2D eigenvalue weighted by molar-refractivity contribution is 5.98. The number of hydrogen-bond donors (Lipinski definition) is 2. The average Bonchev–Trinajstić information content (AvgIpc) is 2.44. The van der Waals surface area contributed by atoms with Gasteiger partial charge in [0.2, 0.25) is 0 Å². The van der Waals surface area contributed by atoms with Gasteiger partial charge in [-0.25, -0.2) is 4.79 Å². The number of ether oxygens (including phenoxy) is 1. The normalized spacial score (nSPS) is 11.7. The van der Waals surface area contributed by atoms with E-state index in [1.807, 2.05) is 0 Å². The molecule has 8 heteroatoms. The van der Waals surface area contributed by atoms with E-state index in [4.69, 9.17) is 9.84 Å². The highest BCUT2D eigenvalue weighted by Crippen LogP contribution is 2.17. The number of aromatic carboxylic acids is 1. The number of carbonyl (C=O) groups excluding carboxylic acids is 1. The maximum atomic E-state index is 12.0. The summed E-state index contributed by atoms with van der Waals surface area (Å²) in [5.41, 5.74) is -0.811. The molecular weight excluding hydrogens is 280 g/mol. The number of benzene rings is 1.